The number of H-pyrrole nitrogens is 1. The maximum absolute atomic E-state index is 13.3. The third-order valence-corrected chi connectivity index (χ3v) is 6.28. The van der Waals surface area contributed by atoms with Crippen LogP contribution in [-0.2, 0) is 4.79 Å². The van der Waals surface area contributed by atoms with Gasteiger partial charge in [0.2, 0.25) is 11.1 Å². The van der Waals surface area contributed by atoms with E-state index in [1.54, 1.807) is 19.2 Å². The first-order valence-corrected chi connectivity index (χ1v) is 11.3. The molecule has 158 valence electrons. The van der Waals surface area contributed by atoms with E-state index in [2.05, 4.69) is 20.5 Å². The molecule has 2 N–H and O–H groups in total. The van der Waals surface area contributed by atoms with E-state index in [0.717, 1.165) is 21.8 Å². The van der Waals surface area contributed by atoms with Crippen molar-refractivity contribution in [3.05, 3.63) is 82.3 Å². The van der Waals surface area contributed by atoms with Gasteiger partial charge < -0.3 is 10.1 Å². The Morgan fingerprint density at radius 2 is 1.97 bits per heavy atom. The molecule has 2 heterocycles. The number of rotatable bonds is 8. The van der Waals surface area contributed by atoms with E-state index in [0.29, 0.717) is 11.0 Å². The smallest absolute Gasteiger partial charge is 0.231 e. The summed E-state index contributed by atoms with van der Waals surface area (Å²) < 4.78 is 18.5. The Kier molecular flexibility index (Phi) is 6.63. The highest BCUT2D eigenvalue weighted by atomic mass is 32.2. The number of hydrogen-bond acceptors (Lipinski definition) is 6. The van der Waals surface area contributed by atoms with Gasteiger partial charge in [0, 0.05) is 10.4 Å². The molecule has 0 radical (unpaired) electrons. The Hall–Kier alpha value is -3.17. The molecule has 0 aliphatic heterocycles. The first-order chi connectivity index (χ1) is 15.1. The maximum atomic E-state index is 13.3. The van der Waals surface area contributed by atoms with Crippen molar-refractivity contribution in [2.24, 2.45) is 0 Å². The number of aromatic amines is 1. The molecule has 31 heavy (non-hydrogen) atoms. The number of amides is 1. The second-order valence-electron chi connectivity index (χ2n) is 6.55. The number of aromatic nitrogens is 3. The molecule has 0 bridgehead atoms. The van der Waals surface area contributed by atoms with Crippen LogP contribution in [0.5, 0.6) is 5.75 Å². The monoisotopic (exact) mass is 454 g/mol. The summed E-state index contributed by atoms with van der Waals surface area (Å²) in [4.78, 5) is 18.0. The van der Waals surface area contributed by atoms with Gasteiger partial charge in [-0.3, -0.25) is 9.89 Å². The summed E-state index contributed by atoms with van der Waals surface area (Å²) in [6.07, 6.45) is 0. The van der Waals surface area contributed by atoms with E-state index in [-0.39, 0.29) is 23.5 Å². The van der Waals surface area contributed by atoms with Gasteiger partial charge in [-0.25, -0.2) is 9.37 Å². The SMILES string of the molecule is COc1ccc(-c2nc(SCC(=O)N[C@@H](c3ccc(F)cc3)c3cccs3)n[nH]2)cc1. The van der Waals surface area contributed by atoms with E-state index in [1.165, 1.54) is 35.2 Å². The van der Waals surface area contributed by atoms with E-state index < -0.39 is 0 Å². The van der Waals surface area contributed by atoms with Crippen molar-refractivity contribution in [3.63, 3.8) is 0 Å². The summed E-state index contributed by atoms with van der Waals surface area (Å²) in [5, 5.41) is 12.5. The standard InChI is InChI=1S/C22H19FN4O2S2/c1-29-17-10-6-15(7-11-17)21-25-22(27-26-21)31-13-19(28)24-20(18-3-2-12-30-18)14-4-8-16(23)9-5-14/h2-12,20H,13H2,1H3,(H,24,28)(H,25,26,27)/t20-/m0/s1. The highest BCUT2D eigenvalue weighted by Crippen LogP contribution is 2.27. The minimum atomic E-state index is -0.337. The Morgan fingerprint density at radius 3 is 2.65 bits per heavy atom. The average molecular weight is 455 g/mol. The summed E-state index contributed by atoms with van der Waals surface area (Å²) in [5.74, 6) is 1.06. The van der Waals surface area contributed by atoms with Crippen molar-refractivity contribution in [2.45, 2.75) is 11.2 Å². The second kappa shape index (κ2) is 9.76. The number of methoxy groups -OCH3 is 1. The number of nitrogens with zero attached hydrogens (tertiary/aromatic N) is 2. The first-order valence-electron chi connectivity index (χ1n) is 9.40. The lowest BCUT2D eigenvalue weighted by molar-refractivity contribution is -0.119. The van der Waals surface area contributed by atoms with Crippen LogP contribution in [0.2, 0.25) is 0 Å². The Bertz CT molecular complexity index is 1130. The molecule has 0 saturated carbocycles. The molecule has 0 fully saturated rings. The molecule has 2 aromatic carbocycles. The normalized spacial score (nSPS) is 11.8. The summed E-state index contributed by atoms with van der Waals surface area (Å²) >= 11 is 2.78. The molecular weight excluding hydrogens is 435 g/mol. The van der Waals surface area contributed by atoms with Crippen LogP contribution in [0.4, 0.5) is 4.39 Å². The van der Waals surface area contributed by atoms with Crippen LogP contribution in [0.1, 0.15) is 16.5 Å². The lowest BCUT2D eigenvalue weighted by Crippen LogP contribution is -2.30. The van der Waals surface area contributed by atoms with Gasteiger partial charge in [0.1, 0.15) is 11.6 Å². The molecule has 1 amide bonds. The Labute approximate surface area is 186 Å². The van der Waals surface area contributed by atoms with Crippen molar-refractivity contribution in [3.8, 4) is 17.1 Å². The van der Waals surface area contributed by atoms with Crippen molar-refractivity contribution in [1.29, 1.82) is 0 Å². The van der Waals surface area contributed by atoms with Crippen LogP contribution >= 0.6 is 23.1 Å². The number of hydrogen-bond donors (Lipinski definition) is 2. The summed E-state index contributed by atoms with van der Waals surface area (Å²) in [6.45, 7) is 0. The van der Waals surface area contributed by atoms with Gasteiger partial charge in [-0.05, 0) is 53.4 Å². The topological polar surface area (TPSA) is 79.9 Å². The minimum Gasteiger partial charge on any atom is -0.497 e. The molecule has 0 aliphatic carbocycles. The van der Waals surface area contributed by atoms with Crippen LogP contribution in [0.15, 0.2) is 71.2 Å². The number of halogens is 1. The van der Waals surface area contributed by atoms with Gasteiger partial charge in [0.15, 0.2) is 5.82 Å². The molecular formula is C22H19FN4O2S2. The second-order valence-corrected chi connectivity index (χ2v) is 8.47. The van der Waals surface area contributed by atoms with Gasteiger partial charge in [-0.15, -0.1) is 16.4 Å². The van der Waals surface area contributed by atoms with Crippen LogP contribution in [0.25, 0.3) is 11.4 Å². The summed E-state index contributed by atoms with van der Waals surface area (Å²) in [7, 11) is 1.61. The number of ether oxygens (including phenoxy) is 1. The number of nitrogens with one attached hydrogen (secondary N) is 2. The van der Waals surface area contributed by atoms with Crippen LogP contribution in [0, 0.1) is 5.82 Å². The molecule has 1 atom stereocenters. The Balaban J connectivity index is 1.39. The highest BCUT2D eigenvalue weighted by molar-refractivity contribution is 7.99. The lowest BCUT2D eigenvalue weighted by Gasteiger charge is -2.18. The van der Waals surface area contributed by atoms with Crippen molar-refractivity contribution >= 4 is 29.0 Å². The van der Waals surface area contributed by atoms with E-state index in [1.807, 2.05) is 41.8 Å². The van der Waals surface area contributed by atoms with Gasteiger partial charge in [-0.2, -0.15) is 0 Å². The zero-order valence-electron chi connectivity index (χ0n) is 16.5. The third kappa shape index (κ3) is 5.31. The predicted molar refractivity (Wildman–Crippen MR) is 120 cm³/mol. The Morgan fingerprint density at radius 1 is 1.19 bits per heavy atom. The van der Waals surface area contributed by atoms with Crippen LogP contribution < -0.4 is 10.1 Å². The molecule has 2 aromatic heterocycles. The van der Waals surface area contributed by atoms with E-state index in [4.69, 9.17) is 4.74 Å². The van der Waals surface area contributed by atoms with E-state index in [9.17, 15) is 9.18 Å². The fraction of sp³-hybridized carbons (Fsp3) is 0.136. The van der Waals surface area contributed by atoms with Gasteiger partial charge >= 0.3 is 0 Å². The molecule has 0 spiro atoms. The third-order valence-electron chi connectivity index (χ3n) is 4.50. The maximum Gasteiger partial charge on any atom is 0.231 e. The zero-order valence-corrected chi connectivity index (χ0v) is 18.2. The molecule has 4 rings (SSSR count). The van der Waals surface area contributed by atoms with Crippen LogP contribution in [0.3, 0.4) is 0 Å². The molecule has 4 aromatic rings. The molecule has 0 saturated heterocycles. The number of carbonyl (C=O) groups is 1. The fourth-order valence-corrected chi connectivity index (χ4v) is 4.36. The molecule has 6 nitrogen and oxygen atoms in total. The molecule has 9 heteroatoms. The quantitative estimate of drug-likeness (QED) is 0.378. The summed E-state index contributed by atoms with van der Waals surface area (Å²) in [5.41, 5.74) is 1.69. The van der Waals surface area contributed by atoms with Crippen molar-refractivity contribution in [1.82, 2.24) is 20.5 Å². The average Bonchev–Trinajstić information content (AvgIpc) is 3.49. The van der Waals surface area contributed by atoms with Crippen LogP contribution in [-0.4, -0.2) is 34.0 Å². The summed E-state index contributed by atoms with van der Waals surface area (Å²) in [6, 6.07) is 17.1. The van der Waals surface area contributed by atoms with Gasteiger partial charge in [0.05, 0.1) is 18.9 Å². The number of thioether (sulfide) groups is 1. The number of carbonyl (C=O) groups excluding carboxylic acids is 1. The van der Waals surface area contributed by atoms with Crippen molar-refractivity contribution in [2.75, 3.05) is 12.9 Å². The molecule has 0 unspecified atom stereocenters. The minimum absolute atomic E-state index is 0.156. The lowest BCUT2D eigenvalue weighted by atomic mass is 10.1. The zero-order chi connectivity index (χ0) is 21.6. The fourth-order valence-electron chi connectivity index (χ4n) is 2.95. The van der Waals surface area contributed by atoms with Gasteiger partial charge in [-0.1, -0.05) is 30.0 Å². The highest BCUT2D eigenvalue weighted by Gasteiger charge is 2.19. The number of benzene rings is 2. The largest absolute Gasteiger partial charge is 0.497 e. The number of thiophene rings is 1. The predicted octanol–water partition coefficient (Wildman–Crippen LogP) is 4.68. The first kappa shape index (κ1) is 21.1. The molecule has 0 aliphatic rings. The van der Waals surface area contributed by atoms with Gasteiger partial charge in [0.25, 0.3) is 0 Å². The van der Waals surface area contributed by atoms with Crippen molar-refractivity contribution < 1.29 is 13.9 Å². The van der Waals surface area contributed by atoms with E-state index >= 15 is 0 Å².